The Hall–Kier alpha value is -1.33. The van der Waals surface area contributed by atoms with Gasteiger partial charge in [0.1, 0.15) is 5.76 Å². The van der Waals surface area contributed by atoms with Crippen molar-refractivity contribution in [1.82, 2.24) is 5.32 Å². The van der Waals surface area contributed by atoms with Crippen molar-refractivity contribution in [2.75, 3.05) is 20.3 Å². The van der Waals surface area contributed by atoms with Gasteiger partial charge in [0.2, 0.25) is 5.76 Å². The zero-order valence-corrected chi connectivity index (χ0v) is 11.6. The van der Waals surface area contributed by atoms with E-state index in [4.69, 9.17) is 9.52 Å². The van der Waals surface area contributed by atoms with Gasteiger partial charge in [-0.2, -0.15) is 0 Å². The summed E-state index contributed by atoms with van der Waals surface area (Å²) in [5.41, 5.74) is 0. The maximum Gasteiger partial charge on any atom is 0.373 e. The number of aliphatic hydroxyl groups is 1. The average molecular weight is 269 g/mol. The maximum atomic E-state index is 11.3. The first-order valence-corrected chi connectivity index (χ1v) is 6.71. The van der Waals surface area contributed by atoms with Crippen molar-refractivity contribution in [3.8, 4) is 0 Å². The highest BCUT2D eigenvalue weighted by Crippen LogP contribution is 2.16. The molecule has 0 spiro atoms. The van der Waals surface area contributed by atoms with Gasteiger partial charge in [-0.05, 0) is 38.4 Å². The first kappa shape index (κ1) is 15.7. The monoisotopic (exact) mass is 269 g/mol. The van der Waals surface area contributed by atoms with E-state index in [0.717, 1.165) is 38.0 Å². The molecular formula is C14H23NO4. The minimum atomic E-state index is -0.456. The van der Waals surface area contributed by atoms with Crippen LogP contribution in [0, 0.1) is 0 Å². The van der Waals surface area contributed by atoms with E-state index in [-0.39, 0.29) is 18.4 Å². The van der Waals surface area contributed by atoms with E-state index in [1.54, 1.807) is 12.1 Å². The van der Waals surface area contributed by atoms with Crippen LogP contribution in [0.15, 0.2) is 16.5 Å². The first-order chi connectivity index (χ1) is 9.19. The number of carbonyl (C=O) groups is 1. The number of unbranched alkanes of at least 4 members (excludes halogenated alkanes) is 3. The second-order valence-electron chi connectivity index (χ2n) is 4.51. The third-order valence-corrected chi connectivity index (χ3v) is 2.98. The average Bonchev–Trinajstić information content (AvgIpc) is 2.91. The van der Waals surface area contributed by atoms with Crippen molar-refractivity contribution in [2.45, 2.75) is 38.6 Å². The first-order valence-electron chi connectivity index (χ1n) is 6.71. The highest BCUT2D eigenvalue weighted by Gasteiger charge is 2.14. The van der Waals surface area contributed by atoms with Crippen LogP contribution in [0.2, 0.25) is 0 Å². The topological polar surface area (TPSA) is 71.7 Å². The van der Waals surface area contributed by atoms with Crippen LogP contribution in [0.25, 0.3) is 0 Å². The van der Waals surface area contributed by atoms with E-state index in [0.29, 0.717) is 0 Å². The Balaban J connectivity index is 2.27. The summed E-state index contributed by atoms with van der Waals surface area (Å²) in [4.78, 5) is 11.3. The summed E-state index contributed by atoms with van der Waals surface area (Å²) in [5.74, 6) is 0.507. The second-order valence-corrected chi connectivity index (χ2v) is 4.51. The highest BCUT2D eigenvalue weighted by molar-refractivity contribution is 5.86. The molecule has 1 unspecified atom stereocenters. The van der Waals surface area contributed by atoms with Crippen molar-refractivity contribution < 1.29 is 19.1 Å². The number of furan rings is 1. The van der Waals surface area contributed by atoms with Gasteiger partial charge in [0, 0.05) is 6.61 Å². The zero-order chi connectivity index (χ0) is 14.1. The van der Waals surface area contributed by atoms with E-state index in [2.05, 4.69) is 10.1 Å². The van der Waals surface area contributed by atoms with Crippen molar-refractivity contribution in [1.29, 1.82) is 0 Å². The zero-order valence-electron chi connectivity index (χ0n) is 11.6. The van der Waals surface area contributed by atoms with Crippen molar-refractivity contribution >= 4 is 5.97 Å². The molecule has 1 atom stereocenters. The molecule has 0 aromatic carbocycles. The molecule has 0 fully saturated rings. The molecular weight excluding hydrogens is 246 g/mol. The second kappa shape index (κ2) is 8.72. The van der Waals surface area contributed by atoms with E-state index in [1.807, 2.05) is 6.92 Å². The van der Waals surface area contributed by atoms with Crippen LogP contribution >= 0.6 is 0 Å². The van der Waals surface area contributed by atoms with E-state index >= 15 is 0 Å². The Kier molecular flexibility index (Phi) is 7.22. The number of rotatable bonds is 9. The number of hydrogen-bond donors (Lipinski definition) is 2. The number of esters is 1. The van der Waals surface area contributed by atoms with Crippen molar-refractivity contribution in [2.24, 2.45) is 0 Å². The fourth-order valence-electron chi connectivity index (χ4n) is 1.81. The number of ether oxygens (including phenoxy) is 1. The van der Waals surface area contributed by atoms with Gasteiger partial charge < -0.3 is 19.6 Å². The fraction of sp³-hybridized carbons (Fsp3) is 0.643. The highest BCUT2D eigenvalue weighted by atomic mass is 16.5. The molecule has 1 rings (SSSR count). The van der Waals surface area contributed by atoms with Gasteiger partial charge in [0.15, 0.2) is 0 Å². The lowest BCUT2D eigenvalue weighted by Crippen LogP contribution is -2.19. The Labute approximate surface area is 113 Å². The van der Waals surface area contributed by atoms with Gasteiger partial charge in [-0.25, -0.2) is 4.79 Å². The van der Waals surface area contributed by atoms with Crippen LogP contribution in [-0.2, 0) is 4.74 Å². The molecule has 1 aromatic heterocycles. The number of carbonyl (C=O) groups excluding carboxylic acids is 1. The molecule has 0 aliphatic carbocycles. The molecule has 0 radical (unpaired) electrons. The SMILES string of the molecule is COC(=O)c1ccc(C(C)NCCCCCCO)o1. The molecule has 19 heavy (non-hydrogen) atoms. The van der Waals surface area contributed by atoms with E-state index < -0.39 is 5.97 Å². The maximum absolute atomic E-state index is 11.3. The molecule has 0 aliphatic heterocycles. The summed E-state index contributed by atoms with van der Waals surface area (Å²) >= 11 is 0. The Bertz CT molecular complexity index is 375. The van der Waals surface area contributed by atoms with Crippen molar-refractivity contribution in [3.63, 3.8) is 0 Å². The molecule has 0 bridgehead atoms. The molecule has 1 heterocycles. The number of nitrogens with one attached hydrogen (secondary N) is 1. The predicted molar refractivity (Wildman–Crippen MR) is 72.0 cm³/mol. The van der Waals surface area contributed by atoms with Crippen LogP contribution < -0.4 is 5.32 Å². The number of methoxy groups -OCH3 is 1. The Morgan fingerprint density at radius 3 is 2.79 bits per heavy atom. The number of aliphatic hydroxyl groups excluding tert-OH is 1. The quantitative estimate of drug-likeness (QED) is 0.531. The van der Waals surface area contributed by atoms with Gasteiger partial charge in [0.25, 0.3) is 0 Å². The largest absolute Gasteiger partial charge is 0.463 e. The summed E-state index contributed by atoms with van der Waals surface area (Å²) in [6.07, 6.45) is 4.09. The fourth-order valence-corrected chi connectivity index (χ4v) is 1.81. The van der Waals surface area contributed by atoms with Crippen LogP contribution in [0.3, 0.4) is 0 Å². The summed E-state index contributed by atoms with van der Waals surface area (Å²) < 4.78 is 10.0. The molecule has 108 valence electrons. The minimum Gasteiger partial charge on any atom is -0.463 e. The summed E-state index contributed by atoms with van der Waals surface area (Å²) in [5, 5.41) is 12.0. The molecule has 0 amide bonds. The molecule has 0 saturated heterocycles. The van der Waals surface area contributed by atoms with Crippen LogP contribution in [0.5, 0.6) is 0 Å². The lowest BCUT2D eigenvalue weighted by atomic mass is 10.2. The van der Waals surface area contributed by atoms with Gasteiger partial charge in [-0.1, -0.05) is 12.8 Å². The van der Waals surface area contributed by atoms with Crippen molar-refractivity contribution in [3.05, 3.63) is 23.7 Å². The number of hydrogen-bond acceptors (Lipinski definition) is 5. The summed E-state index contributed by atoms with van der Waals surface area (Å²) in [6, 6.07) is 3.48. The summed E-state index contributed by atoms with van der Waals surface area (Å²) in [7, 11) is 1.33. The van der Waals surface area contributed by atoms with E-state index in [1.165, 1.54) is 7.11 Å². The van der Waals surface area contributed by atoms with Gasteiger partial charge in [0.05, 0.1) is 13.2 Å². The smallest absolute Gasteiger partial charge is 0.373 e. The summed E-state index contributed by atoms with van der Waals surface area (Å²) in [6.45, 7) is 3.15. The van der Waals surface area contributed by atoms with Gasteiger partial charge in [-0.15, -0.1) is 0 Å². The minimum absolute atomic E-state index is 0.0660. The molecule has 0 saturated carbocycles. The Morgan fingerprint density at radius 1 is 1.37 bits per heavy atom. The predicted octanol–water partition coefficient (Wildman–Crippen LogP) is 2.27. The molecule has 5 heteroatoms. The third kappa shape index (κ3) is 5.44. The lowest BCUT2D eigenvalue weighted by Gasteiger charge is -2.10. The molecule has 0 aliphatic rings. The normalized spacial score (nSPS) is 12.4. The molecule has 2 N–H and O–H groups in total. The standard InChI is InChI=1S/C14H23NO4/c1-11(15-9-5-3-4-6-10-16)12-7-8-13(19-12)14(17)18-2/h7-8,11,15-16H,3-6,9-10H2,1-2H3. The lowest BCUT2D eigenvalue weighted by molar-refractivity contribution is 0.0562. The third-order valence-electron chi connectivity index (χ3n) is 2.98. The van der Waals surface area contributed by atoms with Crippen LogP contribution in [-0.4, -0.2) is 31.3 Å². The molecule has 5 nitrogen and oxygen atoms in total. The van der Waals surface area contributed by atoms with Gasteiger partial charge >= 0.3 is 5.97 Å². The van der Waals surface area contributed by atoms with Crippen LogP contribution in [0.4, 0.5) is 0 Å². The van der Waals surface area contributed by atoms with E-state index in [9.17, 15) is 4.79 Å². The van der Waals surface area contributed by atoms with Gasteiger partial charge in [-0.3, -0.25) is 0 Å². The van der Waals surface area contributed by atoms with Crippen LogP contribution in [0.1, 0.15) is 55.0 Å². The Morgan fingerprint density at radius 2 is 2.11 bits per heavy atom. The molecule has 1 aromatic rings.